The summed E-state index contributed by atoms with van der Waals surface area (Å²) in [6.45, 7) is 8.69. The molecule has 2 aromatic rings. The van der Waals surface area contributed by atoms with E-state index in [2.05, 4.69) is 31.1 Å². The molecule has 140 valence electrons. The van der Waals surface area contributed by atoms with Crippen molar-refractivity contribution >= 4 is 5.95 Å². The zero-order valence-corrected chi connectivity index (χ0v) is 15.8. The molecular weight excluding hydrogens is 328 g/mol. The summed E-state index contributed by atoms with van der Waals surface area (Å²) in [5, 5.41) is 3.36. The van der Waals surface area contributed by atoms with E-state index in [0.717, 1.165) is 30.7 Å². The molecular formula is C20H28N4O2. The summed E-state index contributed by atoms with van der Waals surface area (Å²) >= 11 is 0. The summed E-state index contributed by atoms with van der Waals surface area (Å²) in [6, 6.07) is 7.87. The summed E-state index contributed by atoms with van der Waals surface area (Å²) in [5.74, 6) is 1.45. The fourth-order valence-electron chi connectivity index (χ4n) is 3.00. The molecule has 3 rings (SSSR count). The van der Waals surface area contributed by atoms with Crippen molar-refractivity contribution in [1.29, 1.82) is 0 Å². The fraction of sp³-hybridized carbons (Fsp3) is 0.500. The molecule has 2 heterocycles. The largest absolute Gasteiger partial charge is 0.494 e. The summed E-state index contributed by atoms with van der Waals surface area (Å²) in [5.41, 5.74) is 6.83. The van der Waals surface area contributed by atoms with Crippen LogP contribution in [0.5, 0.6) is 5.75 Å². The predicted molar refractivity (Wildman–Crippen MR) is 105 cm³/mol. The van der Waals surface area contributed by atoms with E-state index in [-0.39, 0.29) is 17.0 Å². The SMILES string of the molecule is CC(C)(C)C1Cn2cc(-c3ccc(OCCCCN)cc3)c(=O)nc2N1. The van der Waals surface area contributed by atoms with Crippen LogP contribution in [0.3, 0.4) is 0 Å². The lowest BCUT2D eigenvalue weighted by Crippen LogP contribution is -2.32. The molecule has 0 bridgehead atoms. The van der Waals surface area contributed by atoms with Gasteiger partial charge < -0.3 is 20.4 Å². The fourth-order valence-corrected chi connectivity index (χ4v) is 3.00. The molecule has 1 aromatic heterocycles. The van der Waals surface area contributed by atoms with E-state index in [1.165, 1.54) is 0 Å². The highest BCUT2D eigenvalue weighted by atomic mass is 16.5. The molecule has 0 aliphatic carbocycles. The number of ether oxygens (including phenoxy) is 1. The van der Waals surface area contributed by atoms with Crippen molar-refractivity contribution in [2.24, 2.45) is 11.1 Å². The number of nitrogens with zero attached hydrogens (tertiary/aromatic N) is 2. The zero-order valence-electron chi connectivity index (χ0n) is 15.8. The minimum atomic E-state index is -0.213. The van der Waals surface area contributed by atoms with Gasteiger partial charge in [-0.3, -0.25) is 4.79 Å². The predicted octanol–water partition coefficient (Wildman–Crippen LogP) is 2.87. The molecule has 1 atom stereocenters. The van der Waals surface area contributed by atoms with Crippen molar-refractivity contribution in [3.8, 4) is 16.9 Å². The van der Waals surface area contributed by atoms with Crippen molar-refractivity contribution < 1.29 is 4.74 Å². The van der Waals surface area contributed by atoms with Crippen LogP contribution in [-0.4, -0.2) is 28.7 Å². The van der Waals surface area contributed by atoms with Gasteiger partial charge in [0.25, 0.3) is 5.56 Å². The van der Waals surface area contributed by atoms with E-state index in [1.54, 1.807) is 0 Å². The normalized spacial score (nSPS) is 16.2. The first-order valence-electron chi connectivity index (χ1n) is 9.20. The molecule has 0 saturated carbocycles. The Morgan fingerprint density at radius 2 is 2.00 bits per heavy atom. The van der Waals surface area contributed by atoms with Crippen molar-refractivity contribution in [1.82, 2.24) is 9.55 Å². The van der Waals surface area contributed by atoms with Gasteiger partial charge in [-0.1, -0.05) is 32.9 Å². The van der Waals surface area contributed by atoms with Crippen LogP contribution in [0.25, 0.3) is 11.1 Å². The number of nitrogens with two attached hydrogens (primary N) is 1. The molecule has 1 unspecified atom stereocenters. The number of aromatic nitrogens is 2. The number of nitrogens with one attached hydrogen (secondary N) is 1. The van der Waals surface area contributed by atoms with Gasteiger partial charge in [-0.2, -0.15) is 4.98 Å². The number of hydrogen-bond acceptors (Lipinski definition) is 5. The summed E-state index contributed by atoms with van der Waals surface area (Å²) in [6.07, 6.45) is 3.80. The summed E-state index contributed by atoms with van der Waals surface area (Å²) in [7, 11) is 0. The van der Waals surface area contributed by atoms with Crippen LogP contribution in [0.1, 0.15) is 33.6 Å². The maximum absolute atomic E-state index is 12.5. The molecule has 6 nitrogen and oxygen atoms in total. The van der Waals surface area contributed by atoms with Crippen molar-refractivity contribution in [3.05, 3.63) is 40.8 Å². The first kappa shape index (κ1) is 18.5. The number of fused-ring (bicyclic) bond motifs is 1. The maximum Gasteiger partial charge on any atom is 0.282 e. The Bertz CT molecular complexity index is 806. The number of anilines is 1. The lowest BCUT2D eigenvalue weighted by Gasteiger charge is -2.26. The van der Waals surface area contributed by atoms with E-state index >= 15 is 0 Å². The Balaban J connectivity index is 1.76. The van der Waals surface area contributed by atoms with Gasteiger partial charge in [0.1, 0.15) is 5.75 Å². The average molecular weight is 356 g/mol. The second-order valence-corrected chi connectivity index (χ2v) is 7.87. The Morgan fingerprint density at radius 3 is 2.65 bits per heavy atom. The zero-order chi connectivity index (χ0) is 18.7. The van der Waals surface area contributed by atoms with Gasteiger partial charge in [-0.05, 0) is 42.5 Å². The minimum absolute atomic E-state index is 0.0970. The summed E-state index contributed by atoms with van der Waals surface area (Å²) < 4.78 is 7.72. The topological polar surface area (TPSA) is 82.2 Å². The Morgan fingerprint density at radius 1 is 1.27 bits per heavy atom. The molecule has 0 radical (unpaired) electrons. The van der Waals surface area contributed by atoms with Crippen LogP contribution < -0.4 is 21.3 Å². The van der Waals surface area contributed by atoms with Gasteiger partial charge >= 0.3 is 0 Å². The van der Waals surface area contributed by atoms with Gasteiger partial charge in [-0.25, -0.2) is 0 Å². The molecule has 1 aromatic carbocycles. The minimum Gasteiger partial charge on any atom is -0.494 e. The van der Waals surface area contributed by atoms with Crippen LogP contribution in [0.4, 0.5) is 5.95 Å². The maximum atomic E-state index is 12.5. The van der Waals surface area contributed by atoms with Gasteiger partial charge in [-0.15, -0.1) is 0 Å². The molecule has 3 N–H and O–H groups in total. The van der Waals surface area contributed by atoms with Crippen molar-refractivity contribution in [2.45, 2.75) is 46.2 Å². The number of unbranched alkanes of at least 4 members (excludes halogenated alkanes) is 1. The second-order valence-electron chi connectivity index (χ2n) is 7.87. The molecule has 26 heavy (non-hydrogen) atoms. The highest BCUT2D eigenvalue weighted by molar-refractivity contribution is 5.63. The van der Waals surface area contributed by atoms with E-state index in [9.17, 15) is 4.79 Å². The van der Waals surface area contributed by atoms with Crippen LogP contribution >= 0.6 is 0 Å². The quantitative estimate of drug-likeness (QED) is 0.778. The van der Waals surface area contributed by atoms with E-state index in [1.807, 2.05) is 35.0 Å². The lowest BCUT2D eigenvalue weighted by molar-refractivity contribution is 0.308. The van der Waals surface area contributed by atoms with Crippen LogP contribution in [0.2, 0.25) is 0 Å². The van der Waals surface area contributed by atoms with Crippen LogP contribution in [-0.2, 0) is 6.54 Å². The molecule has 1 aliphatic rings. The molecule has 0 saturated heterocycles. The molecule has 0 spiro atoms. The number of rotatable bonds is 6. The smallest absolute Gasteiger partial charge is 0.282 e. The first-order chi connectivity index (χ1) is 12.4. The molecule has 0 fully saturated rings. The Hall–Kier alpha value is -2.34. The molecule has 6 heteroatoms. The van der Waals surface area contributed by atoms with Crippen molar-refractivity contribution in [2.75, 3.05) is 18.5 Å². The van der Waals surface area contributed by atoms with E-state index in [0.29, 0.717) is 24.7 Å². The van der Waals surface area contributed by atoms with Gasteiger partial charge in [0.15, 0.2) is 0 Å². The highest BCUT2D eigenvalue weighted by Gasteiger charge is 2.31. The van der Waals surface area contributed by atoms with Crippen LogP contribution in [0, 0.1) is 5.41 Å². The number of benzene rings is 1. The van der Waals surface area contributed by atoms with Crippen LogP contribution in [0.15, 0.2) is 35.3 Å². The molecule has 0 amide bonds. The van der Waals surface area contributed by atoms with Gasteiger partial charge in [0.05, 0.1) is 18.2 Å². The van der Waals surface area contributed by atoms with E-state index in [4.69, 9.17) is 10.5 Å². The summed E-state index contributed by atoms with van der Waals surface area (Å²) in [4.78, 5) is 16.7. The third-order valence-electron chi connectivity index (χ3n) is 4.76. The first-order valence-corrected chi connectivity index (χ1v) is 9.20. The number of hydrogen-bond donors (Lipinski definition) is 2. The monoisotopic (exact) mass is 356 g/mol. The lowest BCUT2D eigenvalue weighted by atomic mass is 9.87. The Labute approximate surface area is 154 Å². The standard InChI is InChI=1S/C20H28N4O2/c1-20(2,3)17-13-24-12-16(18(25)23-19(24)22-17)14-6-8-15(9-7-14)26-11-5-4-10-21/h6-9,12,17H,4-5,10-11,13,21H2,1-3H3,(H,22,23,25). The second kappa shape index (κ2) is 7.50. The average Bonchev–Trinajstić information content (AvgIpc) is 3.02. The van der Waals surface area contributed by atoms with Crippen molar-refractivity contribution in [3.63, 3.8) is 0 Å². The molecule has 1 aliphatic heterocycles. The third kappa shape index (κ3) is 4.07. The van der Waals surface area contributed by atoms with Gasteiger partial charge in [0.2, 0.25) is 5.95 Å². The highest BCUT2D eigenvalue weighted by Crippen LogP contribution is 2.30. The van der Waals surface area contributed by atoms with E-state index < -0.39 is 0 Å². The Kier molecular flexibility index (Phi) is 5.32. The van der Waals surface area contributed by atoms with Gasteiger partial charge in [0, 0.05) is 12.7 Å². The third-order valence-corrected chi connectivity index (χ3v) is 4.76.